The first-order chi connectivity index (χ1) is 31.3. The normalized spacial score (nSPS) is 17.2. The third-order valence-electron chi connectivity index (χ3n) is 12.1. The molecule has 0 saturated carbocycles. The number of nitrogens with one attached hydrogen (secondary N) is 4. The third kappa shape index (κ3) is 15.3. The molecular weight excluding hydrogens is 873 g/mol. The van der Waals surface area contributed by atoms with Crippen LogP contribution in [0.5, 0.6) is 0 Å². The lowest BCUT2D eigenvalue weighted by Gasteiger charge is -2.42. The van der Waals surface area contributed by atoms with Gasteiger partial charge >= 0.3 is 0 Å². The fourth-order valence-corrected chi connectivity index (χ4v) is 9.29. The van der Waals surface area contributed by atoms with Gasteiger partial charge in [0.25, 0.3) is 0 Å². The fraction of sp³-hybridized carbons (Fsp3) is 0.440. The van der Waals surface area contributed by atoms with Gasteiger partial charge in [0.05, 0.1) is 26.6 Å². The number of unbranched alkanes of at least 4 members (excludes halogenated alkanes) is 2. The Bertz CT molecular complexity index is 1840. The van der Waals surface area contributed by atoms with Gasteiger partial charge in [-0.2, -0.15) is 0 Å². The summed E-state index contributed by atoms with van der Waals surface area (Å²) in [6, 6.07) is 38.1. The molecule has 2 fully saturated rings. The number of hydrogen-bond acceptors (Lipinski definition) is 6. The smallest absolute Gasteiger partial charge is 0.170 e. The van der Waals surface area contributed by atoms with Crippen molar-refractivity contribution in [1.82, 2.24) is 40.9 Å². The van der Waals surface area contributed by atoms with Crippen LogP contribution in [0, 0.1) is 11.8 Å². The van der Waals surface area contributed by atoms with Crippen LogP contribution in [0.2, 0.25) is 0 Å². The molecule has 0 amide bonds. The molecule has 0 aliphatic carbocycles. The highest BCUT2D eigenvalue weighted by molar-refractivity contribution is 7.80. The van der Waals surface area contributed by atoms with Crippen molar-refractivity contribution < 1.29 is 9.47 Å². The largest absolute Gasteiger partial charge is 0.377 e. The van der Waals surface area contributed by atoms with E-state index in [1.165, 1.54) is 33.4 Å². The number of benzene rings is 4. The second kappa shape index (κ2) is 25.3. The predicted octanol–water partition coefficient (Wildman–Crippen LogP) is 8.06. The predicted molar refractivity (Wildman–Crippen MR) is 274 cm³/mol. The molecule has 2 saturated heterocycles. The molecule has 0 unspecified atom stereocenters. The Hall–Kier alpha value is -4.44. The first-order valence-electron chi connectivity index (χ1n) is 22.8. The molecule has 0 radical (unpaired) electrons. The van der Waals surface area contributed by atoms with Crippen LogP contribution < -0.4 is 21.3 Å². The molecule has 10 nitrogen and oxygen atoms in total. The Labute approximate surface area is 402 Å². The molecule has 4 aromatic carbocycles. The van der Waals surface area contributed by atoms with E-state index in [1.807, 2.05) is 12.1 Å². The lowest BCUT2D eigenvalue weighted by atomic mass is 9.99. The van der Waals surface area contributed by atoms with Crippen molar-refractivity contribution in [3.8, 4) is 0 Å². The van der Waals surface area contributed by atoms with E-state index in [4.69, 9.17) is 58.3 Å². The van der Waals surface area contributed by atoms with E-state index in [1.54, 1.807) is 0 Å². The van der Waals surface area contributed by atoms with Gasteiger partial charge in [-0.15, -0.1) is 0 Å². The van der Waals surface area contributed by atoms with Crippen LogP contribution in [0.3, 0.4) is 0 Å². The zero-order chi connectivity index (χ0) is 44.4. The molecule has 340 valence electrons. The number of thiocarbonyl (C=S) groups is 4. The topological polar surface area (TPSA) is 79.5 Å². The molecule has 0 spiro atoms. The number of rotatable bonds is 14. The highest BCUT2D eigenvalue weighted by Gasteiger charge is 2.30. The lowest BCUT2D eigenvalue weighted by Crippen LogP contribution is -2.57. The van der Waals surface area contributed by atoms with E-state index >= 15 is 0 Å². The van der Waals surface area contributed by atoms with Gasteiger partial charge in [0.2, 0.25) is 0 Å². The van der Waals surface area contributed by atoms with Crippen molar-refractivity contribution in [3.63, 3.8) is 0 Å². The number of ether oxygens (including phenoxy) is 2. The number of hydrogen-bond donors (Lipinski definition) is 4. The zero-order valence-corrected chi connectivity index (χ0v) is 40.2. The second-order valence-electron chi connectivity index (χ2n) is 17.2. The van der Waals surface area contributed by atoms with Gasteiger partial charge in [0, 0.05) is 65.6 Å². The van der Waals surface area contributed by atoms with Gasteiger partial charge in [-0.3, -0.25) is 0 Å². The SMILES string of the molecule is S=C1NCc2ccc(cc2)CNC(=S)N2CC(CCCCOCc3ccccc3)CN(C2)C(=S)NCc2ccc(cc2)CNC(=S)N2CC(CCCCOCc3ccccc3)CN1C2. The summed E-state index contributed by atoms with van der Waals surface area (Å²) in [4.78, 5) is 9.08. The van der Waals surface area contributed by atoms with Crippen LogP contribution in [-0.4, -0.2) is 92.8 Å². The van der Waals surface area contributed by atoms with E-state index in [0.717, 1.165) is 98.4 Å². The quantitative estimate of drug-likeness (QED) is 0.0728. The summed E-state index contributed by atoms with van der Waals surface area (Å²) in [5.41, 5.74) is 7.08. The molecule has 64 heavy (non-hydrogen) atoms. The van der Waals surface area contributed by atoms with E-state index in [9.17, 15) is 0 Å². The van der Waals surface area contributed by atoms with Gasteiger partial charge in [-0.05, 0) is 120 Å². The van der Waals surface area contributed by atoms with E-state index in [-0.39, 0.29) is 0 Å². The van der Waals surface area contributed by atoms with Crippen LogP contribution in [-0.2, 0) is 48.9 Å². The molecule has 4 N–H and O–H groups in total. The minimum atomic E-state index is 0.415. The Morgan fingerprint density at radius 3 is 1.00 bits per heavy atom. The monoisotopic (exact) mass is 936 g/mol. The first-order valence-corrected chi connectivity index (χ1v) is 24.5. The molecule has 14 heteroatoms. The summed E-state index contributed by atoms with van der Waals surface area (Å²) in [7, 11) is 0. The lowest BCUT2D eigenvalue weighted by molar-refractivity contribution is 0.110. The van der Waals surface area contributed by atoms with Crippen molar-refractivity contribution in [3.05, 3.63) is 143 Å². The molecule has 8 bridgehead atoms. The Kier molecular flexibility index (Phi) is 18.8. The zero-order valence-electron chi connectivity index (χ0n) is 36.9. The second-order valence-corrected chi connectivity index (χ2v) is 18.8. The summed E-state index contributed by atoms with van der Waals surface area (Å²) < 4.78 is 12.0. The molecule has 10 rings (SSSR count). The van der Waals surface area contributed by atoms with Crippen LogP contribution in [0.25, 0.3) is 0 Å². The first kappa shape index (κ1) is 47.5. The fourth-order valence-electron chi connectivity index (χ4n) is 8.47. The van der Waals surface area contributed by atoms with Crippen LogP contribution in [0.15, 0.2) is 109 Å². The Morgan fingerprint density at radius 1 is 0.406 bits per heavy atom. The summed E-state index contributed by atoms with van der Waals surface area (Å²) in [6.45, 7) is 10.2. The molecule has 6 heterocycles. The van der Waals surface area contributed by atoms with Crippen molar-refractivity contribution >= 4 is 69.3 Å². The molecule has 6 aliphatic heterocycles. The van der Waals surface area contributed by atoms with Gasteiger partial charge in [0.1, 0.15) is 0 Å². The van der Waals surface area contributed by atoms with Crippen molar-refractivity contribution in [2.45, 2.75) is 77.9 Å². The van der Waals surface area contributed by atoms with Crippen molar-refractivity contribution in [2.24, 2.45) is 11.8 Å². The van der Waals surface area contributed by atoms with Gasteiger partial charge in [0.15, 0.2) is 20.4 Å². The maximum absolute atomic E-state index is 6.04. The Morgan fingerprint density at radius 2 is 0.703 bits per heavy atom. The average Bonchev–Trinajstić information content (AvgIpc) is 3.33. The summed E-state index contributed by atoms with van der Waals surface area (Å²) in [6.07, 6.45) is 6.37. The van der Waals surface area contributed by atoms with Crippen LogP contribution in [0.4, 0.5) is 0 Å². The molecule has 0 atom stereocenters. The third-order valence-corrected chi connectivity index (χ3v) is 13.7. The molecule has 0 aromatic heterocycles. The van der Waals surface area contributed by atoms with Crippen LogP contribution in [0.1, 0.15) is 71.9 Å². The van der Waals surface area contributed by atoms with Crippen molar-refractivity contribution in [1.29, 1.82) is 0 Å². The van der Waals surface area contributed by atoms with E-state index in [2.05, 4.69) is 138 Å². The van der Waals surface area contributed by atoms with Gasteiger partial charge in [-0.1, -0.05) is 122 Å². The average molecular weight is 937 g/mol. The highest BCUT2D eigenvalue weighted by Crippen LogP contribution is 2.22. The summed E-state index contributed by atoms with van der Waals surface area (Å²) in [5.74, 6) is 0.831. The maximum atomic E-state index is 6.04. The number of nitrogens with zero attached hydrogens (tertiary/aromatic N) is 4. The highest BCUT2D eigenvalue weighted by atomic mass is 32.1. The van der Waals surface area contributed by atoms with Crippen molar-refractivity contribution in [2.75, 3.05) is 52.7 Å². The van der Waals surface area contributed by atoms with Gasteiger partial charge < -0.3 is 50.3 Å². The molecule has 4 aromatic rings. The molecule has 6 aliphatic rings. The van der Waals surface area contributed by atoms with Gasteiger partial charge in [-0.25, -0.2) is 0 Å². The minimum Gasteiger partial charge on any atom is -0.377 e. The standard InChI is InChI=1S/C50H64N8O2S4/c61-47-51-27-39-17-21-41(22-18-39)29-53-49(63)57-33-46(16-8-10-26-60-36-44-13-5-2-6-14-44)34-58(38-57)50(64)54-30-42-23-19-40(20-24-42)28-52-48(62)56-32-45(31-55(47)37-56)15-7-9-25-59-35-43-11-3-1-4-12-43/h1-6,11-14,17-24,45-46H,7-10,15-16,25-38H2,(H,51,61)(H,52,62)(H,53,63)(H,54,64). The minimum absolute atomic E-state index is 0.415. The van der Waals surface area contributed by atoms with E-state index < -0.39 is 0 Å². The summed E-state index contributed by atoms with van der Waals surface area (Å²) >= 11 is 24.2. The molecular formula is C50H64N8O2S4. The maximum Gasteiger partial charge on any atom is 0.170 e. The van der Waals surface area contributed by atoms with E-state index in [0.29, 0.717) is 64.6 Å². The Balaban J connectivity index is 0.962. The van der Waals surface area contributed by atoms with Crippen LogP contribution >= 0.6 is 48.9 Å². The summed E-state index contributed by atoms with van der Waals surface area (Å²) in [5, 5.41) is 17.2.